The Bertz CT molecular complexity index is 1400. The number of carbonyl (C=O) groups is 1. The lowest BCUT2D eigenvalue weighted by Crippen LogP contribution is -2.59. The number of nitrogens with zero attached hydrogens (tertiary/aromatic N) is 7. The highest BCUT2D eigenvalue weighted by Crippen LogP contribution is 2.43. The molecule has 0 saturated carbocycles. The monoisotopic (exact) mass is 514 g/mol. The van der Waals surface area contributed by atoms with Crippen LogP contribution in [0.5, 0.6) is 6.01 Å². The molecule has 3 saturated heterocycles. The Kier molecular flexibility index (Phi) is 7.04. The second-order valence-electron chi connectivity index (χ2n) is 10.5. The van der Waals surface area contributed by atoms with Gasteiger partial charge in [-0.1, -0.05) is 12.6 Å². The van der Waals surface area contributed by atoms with Crippen molar-refractivity contribution in [1.29, 1.82) is 5.26 Å². The molecular weight excluding hydrogens is 480 g/mol. The number of carbonyl (C=O) groups excluding carboxylic acids is 1. The summed E-state index contributed by atoms with van der Waals surface area (Å²) < 4.78 is 5.42. The van der Waals surface area contributed by atoms with Crippen molar-refractivity contribution in [2.75, 3.05) is 58.3 Å². The largest absolute Gasteiger partial charge is 0.467 e. The zero-order chi connectivity index (χ0) is 26.9. The molecule has 6 rings (SSSR count). The predicted molar refractivity (Wildman–Crippen MR) is 146 cm³/mol. The van der Waals surface area contributed by atoms with Gasteiger partial charge in [-0.05, 0) is 64.0 Å². The number of H-pyrrole nitrogens is 1. The molecule has 1 N–H and O–H groups in total. The maximum Gasteiger partial charge on any atom is 0.318 e. The number of aryl methyl sites for hydroxylation is 1. The van der Waals surface area contributed by atoms with Gasteiger partial charge in [-0.15, -0.1) is 0 Å². The highest BCUT2D eigenvalue weighted by molar-refractivity contribution is 5.97. The molecule has 1 aromatic carbocycles. The van der Waals surface area contributed by atoms with E-state index in [0.29, 0.717) is 30.2 Å². The van der Waals surface area contributed by atoms with Crippen LogP contribution in [0.4, 0.5) is 5.82 Å². The lowest BCUT2D eigenvalue weighted by atomic mass is 9.79. The predicted octanol–water partition coefficient (Wildman–Crippen LogP) is 3.15. The van der Waals surface area contributed by atoms with E-state index in [9.17, 15) is 10.1 Å². The van der Waals surface area contributed by atoms with E-state index in [2.05, 4.69) is 49.7 Å². The first-order chi connectivity index (χ1) is 18.4. The molecule has 3 fully saturated rings. The number of nitriles is 1. The Hall–Kier alpha value is -3.97. The number of hydrogen-bond donors (Lipinski definition) is 1. The first kappa shape index (κ1) is 25.7. The fourth-order valence-electron chi connectivity index (χ4n) is 5.77. The number of aromatic amines is 1. The van der Waals surface area contributed by atoms with Gasteiger partial charge in [0.15, 0.2) is 5.82 Å². The average Bonchev–Trinajstić information content (AvgIpc) is 3.68. The van der Waals surface area contributed by atoms with Gasteiger partial charge in [0.05, 0.1) is 24.5 Å². The number of ether oxygens (including phenoxy) is 1. The number of amides is 1. The number of methoxy groups -OCH3 is 1. The third kappa shape index (κ3) is 4.70. The number of fused-ring (bicyclic) bond motifs is 1. The van der Waals surface area contributed by atoms with Crippen LogP contribution in [0.3, 0.4) is 0 Å². The summed E-state index contributed by atoms with van der Waals surface area (Å²) in [4.78, 5) is 27.3. The SMILES string of the molecule is C=CC(=O)N1CC2(CCN(c3nc(OC)nc(-c4c(C)ccc5[nH]ncc45)c3C#N)C2)C1.CN1CCCC1. The smallest absolute Gasteiger partial charge is 0.318 e. The Balaban J connectivity index is 0.000000433. The Morgan fingerprint density at radius 1 is 1.21 bits per heavy atom. The van der Waals surface area contributed by atoms with E-state index in [-0.39, 0.29) is 17.3 Å². The maximum atomic E-state index is 11.9. The molecule has 10 nitrogen and oxygen atoms in total. The fourth-order valence-corrected chi connectivity index (χ4v) is 5.77. The molecule has 2 aromatic heterocycles. The summed E-state index contributed by atoms with van der Waals surface area (Å²) in [6.07, 6.45) is 6.86. The van der Waals surface area contributed by atoms with E-state index >= 15 is 0 Å². The van der Waals surface area contributed by atoms with Crippen LogP contribution in [0, 0.1) is 23.7 Å². The van der Waals surface area contributed by atoms with Crippen molar-refractivity contribution in [3.63, 3.8) is 0 Å². The first-order valence-electron chi connectivity index (χ1n) is 13.0. The number of aromatic nitrogens is 4. The minimum absolute atomic E-state index is 0.0181. The molecular formula is C28H34N8O2. The highest BCUT2D eigenvalue weighted by Gasteiger charge is 2.49. The number of nitrogens with one attached hydrogen (secondary N) is 1. The summed E-state index contributed by atoms with van der Waals surface area (Å²) in [5.74, 6) is 0.529. The van der Waals surface area contributed by atoms with Crippen LogP contribution >= 0.6 is 0 Å². The van der Waals surface area contributed by atoms with Crippen molar-refractivity contribution < 1.29 is 9.53 Å². The van der Waals surface area contributed by atoms with Crippen molar-refractivity contribution in [2.45, 2.75) is 26.2 Å². The quantitative estimate of drug-likeness (QED) is 0.528. The maximum absolute atomic E-state index is 11.9. The highest BCUT2D eigenvalue weighted by atomic mass is 16.5. The molecule has 198 valence electrons. The summed E-state index contributed by atoms with van der Waals surface area (Å²) in [5, 5.41) is 18.2. The molecule has 5 heterocycles. The third-order valence-corrected chi connectivity index (χ3v) is 7.84. The number of likely N-dealkylation sites (tertiary alicyclic amines) is 2. The first-order valence-corrected chi connectivity index (χ1v) is 13.0. The lowest BCUT2D eigenvalue weighted by Gasteiger charge is -2.47. The van der Waals surface area contributed by atoms with Crippen LogP contribution < -0.4 is 9.64 Å². The molecule has 3 aromatic rings. The van der Waals surface area contributed by atoms with Crippen LogP contribution in [0.2, 0.25) is 0 Å². The summed E-state index contributed by atoms with van der Waals surface area (Å²) in [6, 6.07) is 6.50. The Morgan fingerprint density at radius 3 is 2.61 bits per heavy atom. The summed E-state index contributed by atoms with van der Waals surface area (Å²) in [6.45, 7) is 11.1. The normalized spacial score (nSPS) is 18.2. The van der Waals surface area contributed by atoms with Crippen molar-refractivity contribution in [3.8, 4) is 23.3 Å². The van der Waals surface area contributed by atoms with E-state index in [0.717, 1.165) is 41.5 Å². The van der Waals surface area contributed by atoms with Crippen molar-refractivity contribution in [3.05, 3.63) is 42.1 Å². The number of hydrogen-bond acceptors (Lipinski definition) is 8. The van der Waals surface area contributed by atoms with Gasteiger partial charge >= 0.3 is 6.01 Å². The van der Waals surface area contributed by atoms with Crippen LogP contribution in [-0.2, 0) is 4.79 Å². The van der Waals surface area contributed by atoms with Gasteiger partial charge in [0.2, 0.25) is 5.91 Å². The zero-order valence-corrected chi connectivity index (χ0v) is 22.3. The Morgan fingerprint density at radius 2 is 1.97 bits per heavy atom. The molecule has 1 amide bonds. The molecule has 0 aliphatic carbocycles. The average molecular weight is 515 g/mol. The Labute approximate surface area is 222 Å². The molecule has 0 unspecified atom stereocenters. The molecule has 3 aliphatic rings. The molecule has 38 heavy (non-hydrogen) atoms. The van der Waals surface area contributed by atoms with E-state index in [4.69, 9.17) is 4.74 Å². The van der Waals surface area contributed by atoms with Gasteiger partial charge in [0, 0.05) is 42.5 Å². The number of rotatable bonds is 4. The minimum atomic E-state index is -0.0403. The molecule has 0 atom stereocenters. The van der Waals surface area contributed by atoms with E-state index < -0.39 is 0 Å². The molecule has 1 spiro atoms. The molecule has 10 heteroatoms. The summed E-state index contributed by atoms with van der Waals surface area (Å²) in [5.41, 5.74) is 3.67. The standard InChI is InChI=1S/C23H23N7O2.C5H11N/c1-4-18(31)30-12-23(13-30)7-8-29(11-23)21-15(9-24)20(26-22(27-21)32-3)19-14(2)5-6-17-16(19)10-25-28-17;1-6-4-2-3-5-6/h4-6,10H,1,7-8,11-13H2,2-3H3,(H,25,28);2-5H2,1H3. The fraction of sp³-hybridized carbons (Fsp3) is 0.464. The third-order valence-electron chi connectivity index (χ3n) is 7.84. The van der Waals surface area contributed by atoms with Gasteiger partial charge in [-0.25, -0.2) is 0 Å². The van der Waals surface area contributed by atoms with Crippen LogP contribution in [0.1, 0.15) is 30.4 Å². The lowest BCUT2D eigenvalue weighted by molar-refractivity contribution is -0.136. The van der Waals surface area contributed by atoms with Crippen LogP contribution in [0.25, 0.3) is 22.2 Å². The second-order valence-corrected chi connectivity index (χ2v) is 10.5. The molecule has 0 bridgehead atoms. The summed E-state index contributed by atoms with van der Waals surface area (Å²) >= 11 is 0. The topological polar surface area (TPSA) is 114 Å². The van der Waals surface area contributed by atoms with Crippen molar-refractivity contribution in [2.24, 2.45) is 5.41 Å². The van der Waals surface area contributed by atoms with Gasteiger partial charge in [0.1, 0.15) is 11.6 Å². The van der Waals surface area contributed by atoms with Crippen LogP contribution in [-0.4, -0.2) is 89.3 Å². The van der Waals surface area contributed by atoms with E-state index in [1.54, 1.807) is 11.1 Å². The molecule has 3 aliphatic heterocycles. The number of benzene rings is 1. The van der Waals surface area contributed by atoms with Crippen molar-refractivity contribution in [1.82, 2.24) is 30.0 Å². The van der Waals surface area contributed by atoms with E-state index in [1.165, 1.54) is 39.1 Å². The van der Waals surface area contributed by atoms with Gasteiger partial charge in [-0.2, -0.15) is 20.3 Å². The van der Waals surface area contributed by atoms with Crippen molar-refractivity contribution >= 4 is 22.6 Å². The minimum Gasteiger partial charge on any atom is -0.467 e. The summed E-state index contributed by atoms with van der Waals surface area (Å²) in [7, 11) is 3.70. The number of anilines is 1. The second kappa shape index (κ2) is 10.4. The van der Waals surface area contributed by atoms with Gasteiger partial charge in [-0.3, -0.25) is 9.89 Å². The van der Waals surface area contributed by atoms with E-state index in [1.807, 2.05) is 19.1 Å². The van der Waals surface area contributed by atoms with Gasteiger partial charge in [0.25, 0.3) is 0 Å². The zero-order valence-electron chi connectivity index (χ0n) is 22.3. The molecule has 0 radical (unpaired) electrons. The van der Waals surface area contributed by atoms with Gasteiger partial charge < -0.3 is 19.4 Å². The van der Waals surface area contributed by atoms with Crippen LogP contribution in [0.15, 0.2) is 31.0 Å².